The average Bonchev–Trinajstić information content (AvgIpc) is 2.78. The zero-order valence-electron chi connectivity index (χ0n) is 18.5. The second-order valence-corrected chi connectivity index (χ2v) is 10.8. The van der Waals surface area contributed by atoms with Crippen LogP contribution in [-0.4, -0.2) is 45.9 Å². The molecule has 1 N–H and O–H groups in total. The molecule has 0 aliphatic carbocycles. The molecule has 0 bridgehead atoms. The molecule has 1 atom stereocenters. The van der Waals surface area contributed by atoms with Gasteiger partial charge >= 0.3 is 0 Å². The summed E-state index contributed by atoms with van der Waals surface area (Å²) in [6, 6.07) is 12.5. The first-order chi connectivity index (χ1) is 15.2. The normalized spacial score (nSPS) is 16.4. The molecule has 1 saturated heterocycles. The van der Waals surface area contributed by atoms with E-state index in [-0.39, 0.29) is 23.6 Å². The van der Waals surface area contributed by atoms with Crippen LogP contribution in [-0.2, 0) is 20.6 Å². The summed E-state index contributed by atoms with van der Waals surface area (Å²) < 4.78 is 38.7. The molecule has 0 unspecified atom stereocenters. The molecule has 1 aliphatic heterocycles. The largest absolute Gasteiger partial charge is 0.497 e. The lowest BCUT2D eigenvalue weighted by molar-refractivity contribution is -0.126. The van der Waals surface area contributed by atoms with Gasteiger partial charge in [-0.1, -0.05) is 28.1 Å². The van der Waals surface area contributed by atoms with Crippen molar-refractivity contribution in [3.05, 3.63) is 58.1 Å². The number of carbonyl (C=O) groups excluding carboxylic acids is 1. The van der Waals surface area contributed by atoms with E-state index >= 15 is 0 Å². The van der Waals surface area contributed by atoms with Crippen molar-refractivity contribution in [3.63, 3.8) is 0 Å². The van der Waals surface area contributed by atoms with Gasteiger partial charge in [0.1, 0.15) is 11.5 Å². The number of halogens is 1. The van der Waals surface area contributed by atoms with Crippen LogP contribution in [0.2, 0.25) is 0 Å². The summed E-state index contributed by atoms with van der Waals surface area (Å²) in [5.74, 6) is 1.01. The molecule has 0 aromatic heterocycles. The van der Waals surface area contributed by atoms with Crippen molar-refractivity contribution in [3.8, 4) is 11.5 Å². The van der Waals surface area contributed by atoms with Crippen LogP contribution in [0.4, 0.5) is 0 Å². The van der Waals surface area contributed by atoms with Crippen molar-refractivity contribution >= 4 is 31.9 Å². The van der Waals surface area contributed by atoms with E-state index in [1.165, 1.54) is 4.31 Å². The number of methoxy groups -OCH3 is 2. The number of carbonyl (C=O) groups is 1. The summed E-state index contributed by atoms with van der Waals surface area (Å²) in [4.78, 5) is 12.9. The number of sulfonamides is 1. The topological polar surface area (TPSA) is 84.9 Å². The lowest BCUT2D eigenvalue weighted by atomic mass is 9.96. The van der Waals surface area contributed by atoms with Gasteiger partial charge in [-0.05, 0) is 55.7 Å². The maximum atomic E-state index is 12.9. The van der Waals surface area contributed by atoms with Crippen molar-refractivity contribution < 1.29 is 22.7 Å². The molecule has 174 valence electrons. The minimum Gasteiger partial charge on any atom is -0.497 e. The molecule has 2 aromatic carbocycles. The predicted octanol–water partition coefficient (Wildman–Crippen LogP) is 3.89. The van der Waals surface area contributed by atoms with Gasteiger partial charge in [0.15, 0.2) is 0 Å². The van der Waals surface area contributed by atoms with Crippen molar-refractivity contribution in [1.29, 1.82) is 0 Å². The van der Waals surface area contributed by atoms with Gasteiger partial charge in [-0.3, -0.25) is 4.79 Å². The van der Waals surface area contributed by atoms with E-state index in [4.69, 9.17) is 9.47 Å². The third-order valence-corrected chi connectivity index (χ3v) is 8.06. The van der Waals surface area contributed by atoms with E-state index in [0.29, 0.717) is 37.4 Å². The van der Waals surface area contributed by atoms with Crippen LogP contribution in [0.15, 0.2) is 46.9 Å². The van der Waals surface area contributed by atoms with Gasteiger partial charge in [-0.25, -0.2) is 12.7 Å². The van der Waals surface area contributed by atoms with Crippen LogP contribution in [0.1, 0.15) is 36.9 Å². The number of ether oxygens (including phenoxy) is 2. The Morgan fingerprint density at radius 3 is 2.50 bits per heavy atom. The Morgan fingerprint density at radius 2 is 1.88 bits per heavy atom. The fraction of sp³-hybridized carbons (Fsp3) is 0.435. The molecule has 1 fully saturated rings. The highest BCUT2D eigenvalue weighted by Gasteiger charge is 2.32. The van der Waals surface area contributed by atoms with Gasteiger partial charge in [0.25, 0.3) is 0 Å². The highest BCUT2D eigenvalue weighted by Crippen LogP contribution is 2.30. The van der Waals surface area contributed by atoms with E-state index in [9.17, 15) is 13.2 Å². The highest BCUT2D eigenvalue weighted by molar-refractivity contribution is 9.10. The van der Waals surface area contributed by atoms with Crippen LogP contribution < -0.4 is 14.8 Å². The first kappa shape index (κ1) is 24.5. The second kappa shape index (κ2) is 10.7. The molecule has 1 amide bonds. The molecule has 1 aliphatic rings. The van der Waals surface area contributed by atoms with Crippen LogP contribution in [0.3, 0.4) is 0 Å². The fourth-order valence-electron chi connectivity index (χ4n) is 3.91. The van der Waals surface area contributed by atoms with E-state index in [1.54, 1.807) is 26.4 Å². The van der Waals surface area contributed by atoms with Crippen LogP contribution >= 0.6 is 15.9 Å². The molecule has 32 heavy (non-hydrogen) atoms. The SMILES string of the molecule is COc1ccc(OC)c([C@@H](C)NC(=O)C2CCN(S(=O)(=O)Cc3cccc(Br)c3)CC2)c1. The summed E-state index contributed by atoms with van der Waals surface area (Å²) in [5, 5.41) is 3.04. The third kappa shape index (κ3) is 6.02. The number of benzene rings is 2. The number of nitrogens with one attached hydrogen (secondary N) is 1. The Morgan fingerprint density at radius 1 is 1.16 bits per heavy atom. The van der Waals surface area contributed by atoms with Gasteiger partial charge in [0, 0.05) is 29.0 Å². The van der Waals surface area contributed by atoms with Gasteiger partial charge in [-0.2, -0.15) is 0 Å². The molecular weight excluding hydrogens is 496 g/mol. The quantitative estimate of drug-likeness (QED) is 0.566. The van der Waals surface area contributed by atoms with Crippen LogP contribution in [0.25, 0.3) is 0 Å². The van der Waals surface area contributed by atoms with E-state index in [2.05, 4.69) is 21.2 Å². The number of hydrogen-bond donors (Lipinski definition) is 1. The predicted molar refractivity (Wildman–Crippen MR) is 127 cm³/mol. The summed E-state index contributed by atoms with van der Waals surface area (Å²) in [7, 11) is -0.257. The molecule has 9 heteroatoms. The Labute approximate surface area is 198 Å². The molecule has 0 spiro atoms. The summed E-state index contributed by atoms with van der Waals surface area (Å²) >= 11 is 3.38. The molecule has 7 nitrogen and oxygen atoms in total. The summed E-state index contributed by atoms with van der Waals surface area (Å²) in [6.45, 7) is 2.57. The number of rotatable bonds is 8. The van der Waals surface area contributed by atoms with Crippen LogP contribution in [0.5, 0.6) is 11.5 Å². The summed E-state index contributed by atoms with van der Waals surface area (Å²) in [6.07, 6.45) is 0.983. The molecule has 1 heterocycles. The lowest BCUT2D eigenvalue weighted by Crippen LogP contribution is -2.43. The monoisotopic (exact) mass is 524 g/mol. The van der Waals surface area contributed by atoms with Crippen LogP contribution in [0, 0.1) is 5.92 Å². The zero-order chi connectivity index (χ0) is 23.3. The molecule has 0 radical (unpaired) electrons. The Kier molecular flexibility index (Phi) is 8.19. The number of hydrogen-bond acceptors (Lipinski definition) is 5. The first-order valence-electron chi connectivity index (χ1n) is 10.5. The first-order valence-corrected chi connectivity index (χ1v) is 12.9. The number of nitrogens with zero attached hydrogens (tertiary/aromatic N) is 1. The highest BCUT2D eigenvalue weighted by atomic mass is 79.9. The maximum absolute atomic E-state index is 12.9. The minimum absolute atomic E-state index is 0.0457. The molecule has 2 aromatic rings. The smallest absolute Gasteiger partial charge is 0.223 e. The third-order valence-electron chi connectivity index (χ3n) is 5.72. The Hall–Kier alpha value is -2.10. The number of amides is 1. The fourth-order valence-corrected chi connectivity index (χ4v) is 5.91. The summed E-state index contributed by atoms with van der Waals surface area (Å²) in [5.41, 5.74) is 1.56. The van der Waals surface area contributed by atoms with E-state index < -0.39 is 10.0 Å². The van der Waals surface area contributed by atoms with E-state index in [1.807, 2.05) is 37.3 Å². The average molecular weight is 525 g/mol. The van der Waals surface area contributed by atoms with Gasteiger partial charge in [-0.15, -0.1) is 0 Å². The minimum atomic E-state index is -3.43. The van der Waals surface area contributed by atoms with Gasteiger partial charge in [0.05, 0.1) is 26.0 Å². The van der Waals surface area contributed by atoms with Gasteiger partial charge in [0.2, 0.25) is 15.9 Å². The maximum Gasteiger partial charge on any atom is 0.223 e. The second-order valence-electron chi connectivity index (χ2n) is 7.90. The molecule has 0 saturated carbocycles. The van der Waals surface area contributed by atoms with Gasteiger partial charge < -0.3 is 14.8 Å². The Balaban J connectivity index is 1.58. The lowest BCUT2D eigenvalue weighted by Gasteiger charge is -2.31. The van der Waals surface area contributed by atoms with E-state index in [0.717, 1.165) is 15.6 Å². The molecular formula is C23H29BrN2O5S. The van der Waals surface area contributed by atoms with Crippen molar-refractivity contribution in [1.82, 2.24) is 9.62 Å². The molecule has 3 rings (SSSR count). The van der Waals surface area contributed by atoms with Crippen molar-refractivity contribution in [2.75, 3.05) is 27.3 Å². The number of piperidine rings is 1. The van der Waals surface area contributed by atoms with Crippen molar-refractivity contribution in [2.24, 2.45) is 5.92 Å². The standard InChI is InChI=1S/C23H29BrN2O5S/c1-16(21-14-20(30-2)7-8-22(21)31-3)25-23(27)18-9-11-26(12-10-18)32(28,29)15-17-5-4-6-19(24)13-17/h4-8,13-14,16,18H,9-12,15H2,1-3H3,(H,25,27)/t16-/m1/s1. The van der Waals surface area contributed by atoms with Crippen molar-refractivity contribution in [2.45, 2.75) is 31.6 Å². The Bertz CT molecular complexity index is 1050. The zero-order valence-corrected chi connectivity index (χ0v) is 20.9.